The summed E-state index contributed by atoms with van der Waals surface area (Å²) in [5, 5.41) is 1.85. The zero-order valence-electron chi connectivity index (χ0n) is 17.7. The Bertz CT molecular complexity index is 1250. The number of piperidine rings is 1. The minimum atomic E-state index is -3.80. The van der Waals surface area contributed by atoms with Crippen LogP contribution in [0.5, 0.6) is 0 Å². The molecule has 0 atom stereocenters. The van der Waals surface area contributed by atoms with Crippen LogP contribution in [0.4, 0.5) is 10.1 Å². The third-order valence-electron chi connectivity index (χ3n) is 5.97. The molecule has 0 bridgehead atoms. The predicted octanol–water partition coefficient (Wildman–Crippen LogP) is 5.09. The maximum absolute atomic E-state index is 13.4. The Morgan fingerprint density at radius 3 is 2.47 bits per heavy atom. The number of nitrogens with zero attached hydrogens (tertiary/aromatic N) is 2. The van der Waals surface area contributed by atoms with Crippen LogP contribution in [0.1, 0.15) is 19.8 Å². The van der Waals surface area contributed by atoms with Crippen LogP contribution in [-0.2, 0) is 14.8 Å². The first-order chi connectivity index (χ1) is 15.3. The third kappa shape index (κ3) is 4.25. The molecule has 0 spiro atoms. The van der Waals surface area contributed by atoms with E-state index < -0.39 is 15.8 Å². The zero-order chi connectivity index (χ0) is 22.9. The zero-order valence-corrected chi connectivity index (χ0v) is 19.2. The van der Waals surface area contributed by atoms with Crippen molar-refractivity contribution >= 4 is 44.0 Å². The van der Waals surface area contributed by atoms with Crippen molar-refractivity contribution in [2.24, 2.45) is 5.92 Å². The predicted molar refractivity (Wildman–Crippen MR) is 125 cm³/mol. The molecule has 5 nitrogen and oxygen atoms in total. The van der Waals surface area contributed by atoms with Crippen LogP contribution in [0.15, 0.2) is 65.6 Å². The van der Waals surface area contributed by atoms with Gasteiger partial charge in [0.1, 0.15) is 5.82 Å². The van der Waals surface area contributed by atoms with Gasteiger partial charge in [-0.1, -0.05) is 48.0 Å². The quantitative estimate of drug-likeness (QED) is 0.517. The second kappa shape index (κ2) is 9.17. The lowest BCUT2D eigenvalue weighted by Gasteiger charge is -2.33. The summed E-state index contributed by atoms with van der Waals surface area (Å²) in [5.74, 6) is -0.925. The molecule has 3 aromatic carbocycles. The molecule has 1 amide bonds. The second-order valence-electron chi connectivity index (χ2n) is 7.84. The van der Waals surface area contributed by atoms with E-state index in [0.29, 0.717) is 19.4 Å². The SMILES string of the molecule is CCN(C(=O)C1CCN(S(=O)(=O)c2ccc(F)c(Cl)c2)CC1)c1cccc2ccccc12. The maximum Gasteiger partial charge on any atom is 0.243 e. The highest BCUT2D eigenvalue weighted by Gasteiger charge is 2.34. The molecule has 1 heterocycles. The number of fused-ring (bicyclic) bond motifs is 1. The average molecular weight is 475 g/mol. The van der Waals surface area contributed by atoms with Crippen LogP contribution >= 0.6 is 11.6 Å². The van der Waals surface area contributed by atoms with E-state index in [1.165, 1.54) is 10.4 Å². The molecule has 3 aromatic rings. The molecule has 0 radical (unpaired) electrons. The van der Waals surface area contributed by atoms with Crippen molar-refractivity contribution < 1.29 is 17.6 Å². The summed E-state index contributed by atoms with van der Waals surface area (Å²) >= 11 is 5.77. The Hall–Kier alpha value is -2.48. The molecule has 32 heavy (non-hydrogen) atoms. The van der Waals surface area contributed by atoms with Crippen molar-refractivity contribution in [3.05, 3.63) is 71.5 Å². The summed E-state index contributed by atoms with van der Waals surface area (Å²) in [5.41, 5.74) is 0.867. The number of hydrogen-bond acceptors (Lipinski definition) is 3. The van der Waals surface area contributed by atoms with Gasteiger partial charge >= 0.3 is 0 Å². The highest BCUT2D eigenvalue weighted by Crippen LogP contribution is 2.31. The molecule has 0 N–H and O–H groups in total. The van der Waals surface area contributed by atoms with Gasteiger partial charge in [0, 0.05) is 30.9 Å². The molecule has 0 saturated carbocycles. The number of rotatable bonds is 5. The van der Waals surface area contributed by atoms with E-state index in [4.69, 9.17) is 11.6 Å². The maximum atomic E-state index is 13.4. The molecular formula is C24H24ClFN2O3S. The fraction of sp³-hybridized carbons (Fsp3) is 0.292. The van der Waals surface area contributed by atoms with Crippen molar-refractivity contribution in [3.8, 4) is 0 Å². The van der Waals surface area contributed by atoms with Crippen LogP contribution in [0.3, 0.4) is 0 Å². The summed E-state index contributed by atoms with van der Waals surface area (Å²) in [4.78, 5) is 15.1. The molecule has 168 valence electrons. The average Bonchev–Trinajstić information content (AvgIpc) is 2.81. The van der Waals surface area contributed by atoms with Crippen molar-refractivity contribution in [3.63, 3.8) is 0 Å². The van der Waals surface area contributed by atoms with Crippen LogP contribution in [0.25, 0.3) is 10.8 Å². The lowest BCUT2D eigenvalue weighted by atomic mass is 9.95. The monoisotopic (exact) mass is 474 g/mol. The van der Waals surface area contributed by atoms with Crippen molar-refractivity contribution in [2.45, 2.75) is 24.7 Å². The summed E-state index contributed by atoms with van der Waals surface area (Å²) < 4.78 is 40.6. The molecule has 1 fully saturated rings. The van der Waals surface area contributed by atoms with Gasteiger partial charge in [-0.2, -0.15) is 4.31 Å². The second-order valence-corrected chi connectivity index (χ2v) is 10.2. The first-order valence-electron chi connectivity index (χ1n) is 10.6. The van der Waals surface area contributed by atoms with Crippen molar-refractivity contribution in [1.82, 2.24) is 4.31 Å². The first kappa shape index (κ1) is 22.7. The number of carbonyl (C=O) groups is 1. The highest BCUT2D eigenvalue weighted by atomic mass is 35.5. The van der Waals surface area contributed by atoms with Gasteiger partial charge in [-0.15, -0.1) is 0 Å². The lowest BCUT2D eigenvalue weighted by Crippen LogP contribution is -2.44. The van der Waals surface area contributed by atoms with Crippen LogP contribution in [0.2, 0.25) is 5.02 Å². The Balaban J connectivity index is 1.50. The smallest absolute Gasteiger partial charge is 0.243 e. The Morgan fingerprint density at radius 2 is 1.78 bits per heavy atom. The minimum absolute atomic E-state index is 0.00530. The van der Waals surface area contributed by atoms with Gasteiger partial charge in [0.2, 0.25) is 15.9 Å². The molecule has 1 aliphatic rings. The van der Waals surface area contributed by atoms with Crippen LogP contribution in [-0.4, -0.2) is 38.3 Å². The molecule has 1 saturated heterocycles. The van der Waals surface area contributed by atoms with E-state index in [2.05, 4.69) is 0 Å². The molecule has 8 heteroatoms. The number of benzene rings is 3. The Labute approximate surface area is 192 Å². The van der Waals surface area contributed by atoms with Gasteiger partial charge in [-0.25, -0.2) is 12.8 Å². The summed E-state index contributed by atoms with van der Waals surface area (Å²) in [6.07, 6.45) is 0.850. The number of anilines is 1. The van der Waals surface area contributed by atoms with E-state index in [-0.39, 0.29) is 34.8 Å². The molecule has 0 aromatic heterocycles. The first-order valence-corrected chi connectivity index (χ1v) is 12.4. The molecule has 0 unspecified atom stereocenters. The van der Waals surface area contributed by atoms with Gasteiger partial charge in [-0.05, 0) is 49.4 Å². The lowest BCUT2D eigenvalue weighted by molar-refractivity contribution is -0.123. The van der Waals surface area contributed by atoms with Crippen LogP contribution < -0.4 is 4.90 Å². The topological polar surface area (TPSA) is 57.7 Å². The van der Waals surface area contributed by atoms with Gasteiger partial charge in [0.25, 0.3) is 0 Å². The number of sulfonamides is 1. The van der Waals surface area contributed by atoms with E-state index >= 15 is 0 Å². The van der Waals surface area contributed by atoms with Gasteiger partial charge < -0.3 is 4.90 Å². The number of hydrogen-bond donors (Lipinski definition) is 0. The third-order valence-corrected chi connectivity index (χ3v) is 8.16. The van der Waals surface area contributed by atoms with E-state index in [1.807, 2.05) is 49.4 Å². The van der Waals surface area contributed by atoms with Gasteiger partial charge in [0.15, 0.2) is 0 Å². The highest BCUT2D eigenvalue weighted by molar-refractivity contribution is 7.89. The largest absolute Gasteiger partial charge is 0.312 e. The fourth-order valence-electron chi connectivity index (χ4n) is 4.24. The van der Waals surface area contributed by atoms with E-state index in [0.717, 1.165) is 28.6 Å². The fourth-order valence-corrected chi connectivity index (χ4v) is 5.98. The van der Waals surface area contributed by atoms with E-state index in [9.17, 15) is 17.6 Å². The number of halogens is 2. The normalized spacial score (nSPS) is 15.7. The van der Waals surface area contributed by atoms with Gasteiger partial charge in [0.05, 0.1) is 15.6 Å². The van der Waals surface area contributed by atoms with Gasteiger partial charge in [-0.3, -0.25) is 4.79 Å². The molecular weight excluding hydrogens is 451 g/mol. The van der Waals surface area contributed by atoms with Crippen molar-refractivity contribution in [2.75, 3.05) is 24.5 Å². The summed E-state index contributed by atoms with van der Waals surface area (Å²) in [6, 6.07) is 17.2. The minimum Gasteiger partial charge on any atom is -0.312 e. The molecule has 1 aliphatic heterocycles. The summed E-state index contributed by atoms with van der Waals surface area (Å²) in [7, 11) is -3.80. The number of carbonyl (C=O) groups excluding carboxylic acids is 1. The molecule has 0 aliphatic carbocycles. The Morgan fingerprint density at radius 1 is 1.09 bits per heavy atom. The number of amides is 1. The van der Waals surface area contributed by atoms with E-state index in [1.54, 1.807) is 4.90 Å². The standard InChI is InChI=1S/C24H24ClFN2O3S/c1-2-28(23-9-5-7-17-6-3-4-8-20(17)23)24(29)18-12-14-27(15-13-18)32(30,31)19-10-11-22(26)21(25)16-19/h3-11,16,18H,2,12-15H2,1H3. The molecule has 4 rings (SSSR count). The van der Waals surface area contributed by atoms with Crippen molar-refractivity contribution in [1.29, 1.82) is 0 Å². The Kier molecular flexibility index (Phi) is 6.51. The summed E-state index contributed by atoms with van der Waals surface area (Å²) in [6.45, 7) is 2.92. The van der Waals surface area contributed by atoms with Crippen LogP contribution in [0, 0.1) is 11.7 Å².